The summed E-state index contributed by atoms with van der Waals surface area (Å²) in [4.78, 5) is 28.9. The molecule has 0 unspecified atom stereocenters. The Morgan fingerprint density at radius 1 is 1.11 bits per heavy atom. The number of carbonyl (C=O) groups excluding carboxylic acids is 1. The molecular formula is C27H26ClFN4O3. The molecule has 1 saturated heterocycles. The number of fused-ring (bicyclic) bond motifs is 3. The Hall–Kier alpha value is -3.49. The summed E-state index contributed by atoms with van der Waals surface area (Å²) in [6.45, 7) is 2.97. The topological polar surface area (TPSA) is 78.7 Å². The molecule has 0 aromatic heterocycles. The molecule has 0 bridgehead atoms. The van der Waals surface area contributed by atoms with Crippen LogP contribution in [0.4, 0.5) is 15.8 Å². The molecule has 7 nitrogen and oxygen atoms in total. The Morgan fingerprint density at radius 3 is 2.64 bits per heavy atom. The Labute approximate surface area is 213 Å². The molecule has 9 heteroatoms. The summed E-state index contributed by atoms with van der Waals surface area (Å²) >= 11 is 6.03. The number of carbonyl (C=O) groups is 1. The van der Waals surface area contributed by atoms with Gasteiger partial charge in [0.1, 0.15) is 5.82 Å². The summed E-state index contributed by atoms with van der Waals surface area (Å²) < 4.78 is 14.1. The first-order valence-electron chi connectivity index (χ1n) is 11.9. The fourth-order valence-electron chi connectivity index (χ4n) is 5.23. The Morgan fingerprint density at radius 2 is 1.89 bits per heavy atom. The van der Waals surface area contributed by atoms with E-state index in [0.29, 0.717) is 30.1 Å². The normalized spacial score (nSPS) is 19.3. The maximum absolute atomic E-state index is 14.1. The highest BCUT2D eigenvalue weighted by atomic mass is 35.5. The van der Waals surface area contributed by atoms with E-state index in [9.17, 15) is 19.3 Å². The summed E-state index contributed by atoms with van der Waals surface area (Å²) in [5.74, 6) is -0.978. The Bertz CT molecular complexity index is 1290. The predicted octanol–water partition coefficient (Wildman–Crippen LogP) is 4.57. The molecule has 1 amide bonds. The van der Waals surface area contributed by atoms with Crippen molar-refractivity contribution in [3.8, 4) is 0 Å². The van der Waals surface area contributed by atoms with Gasteiger partial charge in [-0.25, -0.2) is 4.39 Å². The van der Waals surface area contributed by atoms with Gasteiger partial charge in [-0.05, 0) is 41.8 Å². The van der Waals surface area contributed by atoms with Crippen molar-refractivity contribution in [1.29, 1.82) is 0 Å². The van der Waals surface area contributed by atoms with Gasteiger partial charge in [-0.2, -0.15) is 0 Å². The number of rotatable bonds is 6. The molecule has 2 aliphatic rings. The quantitative estimate of drug-likeness (QED) is 0.390. The molecule has 1 fully saturated rings. The SMILES string of the molecule is O=C(NCc1ccccc1F)[C@@H]1Cc2cc([N+](=O)[O-])ccc2N2CCN(Cc3ccc(Cl)cc3)C[C@@H]12. The number of anilines is 1. The van der Waals surface area contributed by atoms with Crippen LogP contribution in [-0.4, -0.2) is 41.4 Å². The van der Waals surface area contributed by atoms with E-state index in [2.05, 4.69) is 15.1 Å². The van der Waals surface area contributed by atoms with Crippen molar-refractivity contribution < 1.29 is 14.1 Å². The van der Waals surface area contributed by atoms with E-state index in [1.165, 1.54) is 12.1 Å². The number of non-ortho nitro benzene ring substituents is 1. The van der Waals surface area contributed by atoms with Crippen molar-refractivity contribution in [3.63, 3.8) is 0 Å². The number of amides is 1. The summed E-state index contributed by atoms with van der Waals surface area (Å²) in [7, 11) is 0. The minimum atomic E-state index is -0.431. The summed E-state index contributed by atoms with van der Waals surface area (Å²) in [5.41, 5.74) is 3.30. The van der Waals surface area contributed by atoms with Gasteiger partial charge in [0.2, 0.25) is 5.91 Å². The number of nitro benzene ring substituents is 1. The lowest BCUT2D eigenvalue weighted by molar-refractivity contribution is -0.384. The van der Waals surface area contributed by atoms with E-state index in [4.69, 9.17) is 11.6 Å². The van der Waals surface area contributed by atoms with Gasteiger partial charge in [0.05, 0.1) is 16.9 Å². The van der Waals surface area contributed by atoms with Crippen LogP contribution in [0.25, 0.3) is 0 Å². The number of hydrogen-bond acceptors (Lipinski definition) is 5. The Kier molecular flexibility index (Phi) is 6.89. The average molecular weight is 509 g/mol. The van der Waals surface area contributed by atoms with Gasteiger partial charge in [0.15, 0.2) is 0 Å². The number of hydrogen-bond donors (Lipinski definition) is 1. The molecule has 2 atom stereocenters. The number of halogens is 2. The van der Waals surface area contributed by atoms with E-state index < -0.39 is 10.8 Å². The van der Waals surface area contributed by atoms with Gasteiger partial charge in [0.25, 0.3) is 5.69 Å². The van der Waals surface area contributed by atoms with E-state index >= 15 is 0 Å². The van der Waals surface area contributed by atoms with Gasteiger partial charge in [-0.3, -0.25) is 19.8 Å². The zero-order valence-electron chi connectivity index (χ0n) is 19.6. The van der Waals surface area contributed by atoms with E-state index in [1.807, 2.05) is 24.3 Å². The van der Waals surface area contributed by atoms with Gasteiger partial charge in [-0.15, -0.1) is 0 Å². The first-order valence-corrected chi connectivity index (χ1v) is 12.3. The monoisotopic (exact) mass is 508 g/mol. The Balaban J connectivity index is 1.39. The molecule has 0 spiro atoms. The number of nitrogens with zero attached hydrogens (tertiary/aromatic N) is 3. The van der Waals surface area contributed by atoms with E-state index in [1.54, 1.807) is 30.3 Å². The third-order valence-electron chi connectivity index (χ3n) is 7.06. The predicted molar refractivity (Wildman–Crippen MR) is 136 cm³/mol. The fraction of sp³-hybridized carbons (Fsp3) is 0.296. The number of nitro groups is 1. The van der Waals surface area contributed by atoms with Crippen LogP contribution >= 0.6 is 11.6 Å². The lowest BCUT2D eigenvalue weighted by atomic mass is 9.83. The molecule has 186 valence electrons. The molecule has 2 heterocycles. The summed E-state index contributed by atoms with van der Waals surface area (Å²) in [6.07, 6.45) is 0.385. The maximum atomic E-state index is 14.1. The number of nitrogens with one attached hydrogen (secondary N) is 1. The number of piperazine rings is 1. The molecule has 36 heavy (non-hydrogen) atoms. The van der Waals surface area contributed by atoms with Crippen LogP contribution < -0.4 is 10.2 Å². The third-order valence-corrected chi connectivity index (χ3v) is 7.31. The fourth-order valence-corrected chi connectivity index (χ4v) is 5.36. The first-order chi connectivity index (χ1) is 17.4. The minimum absolute atomic E-state index is 0.0130. The molecule has 0 radical (unpaired) electrons. The lowest BCUT2D eigenvalue weighted by Crippen LogP contribution is -2.60. The highest BCUT2D eigenvalue weighted by Crippen LogP contribution is 2.38. The van der Waals surface area contributed by atoms with Crippen LogP contribution in [0.5, 0.6) is 0 Å². The van der Waals surface area contributed by atoms with Crippen LogP contribution in [0.2, 0.25) is 5.02 Å². The van der Waals surface area contributed by atoms with Gasteiger partial charge in [-0.1, -0.05) is 41.9 Å². The van der Waals surface area contributed by atoms with Crippen LogP contribution in [-0.2, 0) is 24.3 Å². The van der Waals surface area contributed by atoms with Gasteiger partial charge < -0.3 is 10.2 Å². The molecule has 0 saturated carbocycles. The van der Waals surface area contributed by atoms with Crippen LogP contribution in [0, 0.1) is 21.8 Å². The second kappa shape index (κ2) is 10.2. The average Bonchev–Trinajstić information content (AvgIpc) is 2.88. The second-order valence-electron chi connectivity index (χ2n) is 9.31. The number of benzene rings is 3. The molecule has 5 rings (SSSR count). The van der Waals surface area contributed by atoms with Crippen molar-refractivity contribution >= 4 is 28.9 Å². The standard InChI is InChI=1S/C27H26ClFN4O3/c28-21-7-5-18(6-8-21)16-31-11-12-32-25-10-9-22(33(35)36)13-20(25)14-23(26(32)17-31)27(34)30-15-19-3-1-2-4-24(19)29/h1-10,13,23,26H,11-12,14-17H2,(H,30,34)/t23-,26+/m1/s1. The van der Waals surface area contributed by atoms with Crippen molar-refractivity contribution in [1.82, 2.24) is 10.2 Å². The largest absolute Gasteiger partial charge is 0.365 e. The van der Waals surface area contributed by atoms with Crippen LogP contribution in [0.15, 0.2) is 66.7 Å². The van der Waals surface area contributed by atoms with Crippen molar-refractivity contribution in [2.75, 3.05) is 24.5 Å². The van der Waals surface area contributed by atoms with Crippen molar-refractivity contribution in [2.24, 2.45) is 5.92 Å². The highest BCUT2D eigenvalue weighted by Gasteiger charge is 2.42. The van der Waals surface area contributed by atoms with Gasteiger partial charge >= 0.3 is 0 Å². The second-order valence-corrected chi connectivity index (χ2v) is 9.75. The zero-order chi connectivity index (χ0) is 25.2. The highest BCUT2D eigenvalue weighted by molar-refractivity contribution is 6.30. The molecule has 3 aromatic carbocycles. The molecule has 2 aliphatic heterocycles. The van der Waals surface area contributed by atoms with Crippen molar-refractivity contribution in [2.45, 2.75) is 25.6 Å². The zero-order valence-corrected chi connectivity index (χ0v) is 20.3. The lowest BCUT2D eigenvalue weighted by Gasteiger charge is -2.49. The molecule has 1 N–H and O–H groups in total. The smallest absolute Gasteiger partial charge is 0.269 e. The molecule has 0 aliphatic carbocycles. The van der Waals surface area contributed by atoms with E-state index in [0.717, 1.165) is 29.9 Å². The van der Waals surface area contributed by atoms with Gasteiger partial charge in [0, 0.05) is 61.1 Å². The van der Waals surface area contributed by atoms with Crippen molar-refractivity contribution in [3.05, 3.63) is 104 Å². The third kappa shape index (κ3) is 5.05. The minimum Gasteiger partial charge on any atom is -0.365 e. The first kappa shape index (κ1) is 24.2. The van der Waals surface area contributed by atoms with Crippen LogP contribution in [0.1, 0.15) is 16.7 Å². The van der Waals surface area contributed by atoms with E-state index in [-0.39, 0.29) is 30.0 Å². The maximum Gasteiger partial charge on any atom is 0.269 e. The van der Waals surface area contributed by atoms with Crippen LogP contribution in [0.3, 0.4) is 0 Å². The summed E-state index contributed by atoms with van der Waals surface area (Å²) in [5, 5.41) is 15.0. The summed E-state index contributed by atoms with van der Waals surface area (Å²) in [6, 6.07) is 18.9. The molecular weight excluding hydrogens is 483 g/mol. The molecule has 3 aromatic rings.